The van der Waals surface area contributed by atoms with Crippen LogP contribution in [-0.2, 0) is 17.8 Å². The molecule has 128 valence electrons. The second-order valence-corrected chi connectivity index (χ2v) is 7.80. The Morgan fingerprint density at radius 1 is 1.17 bits per heavy atom. The van der Waals surface area contributed by atoms with Crippen LogP contribution >= 0.6 is 11.3 Å². The van der Waals surface area contributed by atoms with Crippen molar-refractivity contribution >= 4 is 22.9 Å². The summed E-state index contributed by atoms with van der Waals surface area (Å²) in [6.07, 6.45) is 0.483. The van der Waals surface area contributed by atoms with Gasteiger partial charge in [0.05, 0.1) is 6.42 Å². The van der Waals surface area contributed by atoms with E-state index >= 15 is 0 Å². The van der Waals surface area contributed by atoms with Gasteiger partial charge in [0.15, 0.2) is 0 Å². The zero-order chi connectivity index (χ0) is 16.9. The molecule has 1 aromatic carbocycles. The third-order valence-electron chi connectivity index (χ3n) is 4.40. The van der Waals surface area contributed by atoms with Crippen LogP contribution in [0.25, 0.3) is 0 Å². The minimum absolute atomic E-state index is 0.231. The molecular formula is C19H25N3OS. The Hall–Kier alpha value is -1.85. The fourth-order valence-electron chi connectivity index (χ4n) is 2.90. The van der Waals surface area contributed by atoms with E-state index in [1.165, 1.54) is 9.75 Å². The second-order valence-electron chi connectivity index (χ2n) is 6.43. The number of nitrogens with one attached hydrogen (secondary N) is 1. The predicted molar refractivity (Wildman–Crippen MR) is 101 cm³/mol. The Bertz CT molecular complexity index is 689. The molecule has 1 aliphatic heterocycles. The third kappa shape index (κ3) is 4.58. The number of rotatable bonds is 5. The van der Waals surface area contributed by atoms with Gasteiger partial charge in [0.1, 0.15) is 0 Å². The summed E-state index contributed by atoms with van der Waals surface area (Å²) in [5, 5.41) is 3.45. The fourth-order valence-corrected chi connectivity index (χ4v) is 3.73. The smallest absolute Gasteiger partial charge is 0.227 e. The molecular weight excluding hydrogens is 318 g/mol. The molecule has 4 nitrogen and oxygen atoms in total. The highest BCUT2D eigenvalue weighted by Gasteiger charge is 2.19. The molecule has 1 amide bonds. The summed E-state index contributed by atoms with van der Waals surface area (Å²) in [5.74, 6) is 0.231. The number of hydrogen-bond acceptors (Lipinski definition) is 4. The molecule has 1 N–H and O–H groups in total. The molecule has 0 atom stereocenters. The Morgan fingerprint density at radius 2 is 1.96 bits per heavy atom. The van der Waals surface area contributed by atoms with Gasteiger partial charge in [-0.25, -0.2) is 0 Å². The molecule has 0 bridgehead atoms. The number of likely N-dealkylation sites (N-methyl/N-ethyl adjacent to an activating group) is 1. The minimum atomic E-state index is 0.231. The van der Waals surface area contributed by atoms with E-state index in [2.05, 4.69) is 48.5 Å². The zero-order valence-corrected chi connectivity index (χ0v) is 15.2. The van der Waals surface area contributed by atoms with Crippen molar-refractivity contribution in [1.82, 2.24) is 9.80 Å². The molecule has 5 heteroatoms. The standard InChI is InChI=1S/C19H25N3OS/c1-15-6-7-18(24-15)14-20-17-5-3-4-16(12-17)13-19(23)22-10-8-21(2)9-11-22/h3-7,12,20H,8-11,13-14H2,1-2H3. The molecule has 1 fully saturated rings. The Kier molecular flexibility index (Phi) is 5.53. The summed E-state index contributed by atoms with van der Waals surface area (Å²) in [5.41, 5.74) is 2.15. The van der Waals surface area contributed by atoms with Gasteiger partial charge < -0.3 is 15.1 Å². The average molecular weight is 343 g/mol. The van der Waals surface area contributed by atoms with E-state index in [0.29, 0.717) is 6.42 Å². The number of carbonyl (C=O) groups excluding carboxylic acids is 1. The maximum absolute atomic E-state index is 12.5. The molecule has 1 saturated heterocycles. The molecule has 2 heterocycles. The Morgan fingerprint density at radius 3 is 2.67 bits per heavy atom. The number of nitrogens with zero attached hydrogens (tertiary/aromatic N) is 2. The lowest BCUT2D eigenvalue weighted by Crippen LogP contribution is -2.47. The van der Waals surface area contributed by atoms with Crippen molar-refractivity contribution in [2.45, 2.75) is 19.9 Å². The van der Waals surface area contributed by atoms with Crippen LogP contribution in [0, 0.1) is 6.92 Å². The second kappa shape index (κ2) is 7.81. The lowest BCUT2D eigenvalue weighted by atomic mass is 10.1. The van der Waals surface area contributed by atoms with Gasteiger partial charge in [-0.2, -0.15) is 0 Å². The maximum atomic E-state index is 12.5. The lowest BCUT2D eigenvalue weighted by Gasteiger charge is -2.32. The van der Waals surface area contributed by atoms with E-state index < -0.39 is 0 Å². The first kappa shape index (κ1) is 17.0. The normalized spacial score (nSPS) is 15.5. The SMILES string of the molecule is Cc1ccc(CNc2cccc(CC(=O)N3CCN(C)CC3)c2)s1. The van der Waals surface area contributed by atoms with Crippen LogP contribution in [0.5, 0.6) is 0 Å². The number of amides is 1. The summed E-state index contributed by atoms with van der Waals surface area (Å²) < 4.78 is 0. The van der Waals surface area contributed by atoms with E-state index in [9.17, 15) is 4.79 Å². The largest absolute Gasteiger partial charge is 0.380 e. The van der Waals surface area contributed by atoms with Crippen LogP contribution < -0.4 is 5.32 Å². The monoisotopic (exact) mass is 343 g/mol. The molecule has 3 rings (SSSR count). The summed E-state index contributed by atoms with van der Waals surface area (Å²) in [6, 6.07) is 12.5. The number of benzene rings is 1. The number of piperazine rings is 1. The summed E-state index contributed by atoms with van der Waals surface area (Å²) in [6.45, 7) is 6.56. The van der Waals surface area contributed by atoms with Crippen molar-refractivity contribution in [1.29, 1.82) is 0 Å². The number of thiophene rings is 1. The predicted octanol–water partition coefficient (Wildman–Crippen LogP) is 2.99. The molecule has 2 aromatic rings. The van der Waals surface area contributed by atoms with Gasteiger partial charge in [0.2, 0.25) is 5.91 Å². The van der Waals surface area contributed by atoms with E-state index in [0.717, 1.165) is 44.0 Å². The third-order valence-corrected chi connectivity index (χ3v) is 5.40. The van der Waals surface area contributed by atoms with Crippen LogP contribution in [0.1, 0.15) is 15.3 Å². The van der Waals surface area contributed by atoms with E-state index in [1.807, 2.05) is 28.4 Å². The fraction of sp³-hybridized carbons (Fsp3) is 0.421. The van der Waals surface area contributed by atoms with Gasteiger partial charge in [0.25, 0.3) is 0 Å². The van der Waals surface area contributed by atoms with Crippen LogP contribution in [0.2, 0.25) is 0 Å². The van der Waals surface area contributed by atoms with Crippen molar-refractivity contribution in [3.63, 3.8) is 0 Å². The molecule has 0 saturated carbocycles. The van der Waals surface area contributed by atoms with Crippen LogP contribution in [0.4, 0.5) is 5.69 Å². The highest BCUT2D eigenvalue weighted by molar-refractivity contribution is 7.11. The van der Waals surface area contributed by atoms with E-state index in [-0.39, 0.29) is 5.91 Å². The minimum Gasteiger partial charge on any atom is -0.380 e. The Balaban J connectivity index is 1.55. The summed E-state index contributed by atoms with van der Waals surface area (Å²) >= 11 is 1.81. The first-order chi connectivity index (χ1) is 11.6. The molecule has 0 spiro atoms. The first-order valence-corrected chi connectivity index (χ1v) is 9.26. The van der Waals surface area contributed by atoms with Gasteiger partial charge >= 0.3 is 0 Å². The van der Waals surface area contributed by atoms with Crippen molar-refractivity contribution in [3.05, 3.63) is 51.7 Å². The first-order valence-electron chi connectivity index (χ1n) is 8.44. The number of aryl methyl sites for hydroxylation is 1. The molecule has 1 aromatic heterocycles. The van der Waals surface area contributed by atoms with Crippen LogP contribution in [0.3, 0.4) is 0 Å². The molecule has 0 aliphatic carbocycles. The highest BCUT2D eigenvalue weighted by atomic mass is 32.1. The Labute approximate surface area is 148 Å². The van der Waals surface area contributed by atoms with Crippen molar-refractivity contribution in [3.8, 4) is 0 Å². The van der Waals surface area contributed by atoms with E-state index in [4.69, 9.17) is 0 Å². The van der Waals surface area contributed by atoms with Gasteiger partial charge in [0, 0.05) is 48.2 Å². The molecule has 0 radical (unpaired) electrons. The summed E-state index contributed by atoms with van der Waals surface area (Å²) in [7, 11) is 2.10. The maximum Gasteiger partial charge on any atom is 0.227 e. The number of carbonyl (C=O) groups is 1. The average Bonchev–Trinajstić information content (AvgIpc) is 2.99. The molecule has 24 heavy (non-hydrogen) atoms. The molecule has 0 unspecified atom stereocenters. The topological polar surface area (TPSA) is 35.6 Å². The summed E-state index contributed by atoms with van der Waals surface area (Å²) in [4.78, 5) is 19.4. The van der Waals surface area contributed by atoms with E-state index in [1.54, 1.807) is 0 Å². The van der Waals surface area contributed by atoms with Crippen molar-refractivity contribution < 1.29 is 4.79 Å². The van der Waals surface area contributed by atoms with Crippen molar-refractivity contribution in [2.24, 2.45) is 0 Å². The van der Waals surface area contributed by atoms with Crippen LogP contribution in [-0.4, -0.2) is 48.9 Å². The van der Waals surface area contributed by atoms with Crippen LogP contribution in [0.15, 0.2) is 36.4 Å². The van der Waals surface area contributed by atoms with Gasteiger partial charge in [-0.15, -0.1) is 11.3 Å². The quantitative estimate of drug-likeness (QED) is 0.906. The highest BCUT2D eigenvalue weighted by Crippen LogP contribution is 2.18. The van der Waals surface area contributed by atoms with Gasteiger partial charge in [-0.1, -0.05) is 12.1 Å². The van der Waals surface area contributed by atoms with Gasteiger partial charge in [-0.05, 0) is 43.8 Å². The number of anilines is 1. The zero-order valence-electron chi connectivity index (χ0n) is 14.4. The molecule has 1 aliphatic rings. The van der Waals surface area contributed by atoms with Gasteiger partial charge in [-0.3, -0.25) is 4.79 Å². The van der Waals surface area contributed by atoms with Crippen molar-refractivity contribution in [2.75, 3.05) is 38.5 Å². The number of hydrogen-bond donors (Lipinski definition) is 1. The lowest BCUT2D eigenvalue weighted by molar-refractivity contribution is -0.132.